The van der Waals surface area contributed by atoms with Crippen molar-refractivity contribution < 1.29 is 18.3 Å². The van der Waals surface area contributed by atoms with Gasteiger partial charge in [0.25, 0.3) is 0 Å². The molecule has 7 heteroatoms. The number of phenolic OH excluding ortho intramolecular Hbond substituents is 1. The summed E-state index contributed by atoms with van der Waals surface area (Å²) in [5, 5.41) is 12.8. The van der Waals surface area contributed by atoms with Gasteiger partial charge in [0, 0.05) is 18.4 Å². The van der Waals surface area contributed by atoms with Gasteiger partial charge in [0.1, 0.15) is 16.5 Å². The molecule has 0 aliphatic heterocycles. The molecule has 0 spiro atoms. The Labute approximate surface area is 122 Å². The van der Waals surface area contributed by atoms with E-state index in [0.717, 1.165) is 36.6 Å². The van der Waals surface area contributed by atoms with Crippen LogP contribution in [0.1, 0.15) is 23.1 Å². The third-order valence-corrected chi connectivity index (χ3v) is 4.79. The lowest BCUT2D eigenvalue weighted by molar-refractivity contribution is -0.118. The van der Waals surface area contributed by atoms with Crippen molar-refractivity contribution in [3.8, 4) is 5.75 Å². The first-order valence-electron chi connectivity index (χ1n) is 6.24. The molecule has 0 heterocycles. The number of carbonyl (C=O) groups excluding carboxylic acids is 1. The molecule has 5 nitrogen and oxygen atoms in total. The average molecular weight is 318 g/mol. The Kier molecular flexibility index (Phi) is 4.25. The highest BCUT2D eigenvalue weighted by molar-refractivity contribution is 7.90. The molecule has 1 aromatic rings. The van der Waals surface area contributed by atoms with Crippen LogP contribution in [0.4, 0.5) is 0 Å². The summed E-state index contributed by atoms with van der Waals surface area (Å²) < 4.78 is 23.5. The summed E-state index contributed by atoms with van der Waals surface area (Å²) in [4.78, 5) is 11.2. The zero-order valence-corrected chi connectivity index (χ0v) is 12.6. The highest BCUT2D eigenvalue weighted by atomic mass is 35.5. The number of fused-ring (bicyclic) bond motifs is 1. The number of amides is 1. The number of sulfone groups is 1. The van der Waals surface area contributed by atoms with Crippen molar-refractivity contribution in [1.29, 1.82) is 0 Å². The lowest BCUT2D eigenvalue weighted by Crippen LogP contribution is -2.24. The van der Waals surface area contributed by atoms with Crippen molar-refractivity contribution in [2.75, 3.05) is 12.1 Å². The van der Waals surface area contributed by atoms with E-state index in [1.165, 1.54) is 0 Å². The molecule has 1 amide bonds. The average Bonchev–Trinajstić information content (AvgIpc) is 2.83. The largest absolute Gasteiger partial charge is 0.506 e. The molecule has 110 valence electrons. The van der Waals surface area contributed by atoms with Crippen LogP contribution in [-0.2, 0) is 34.0 Å². The van der Waals surface area contributed by atoms with Crippen LogP contribution in [-0.4, -0.2) is 31.6 Å². The van der Waals surface area contributed by atoms with Crippen LogP contribution in [0.25, 0.3) is 0 Å². The van der Waals surface area contributed by atoms with E-state index < -0.39 is 9.84 Å². The number of aryl methyl sites for hydroxylation is 1. The molecule has 0 bridgehead atoms. The second-order valence-corrected chi connectivity index (χ2v) is 7.13. The SMILES string of the molecule is CS(=O)(=O)c1cc2c(c(CNC(=O)CCl)c1O)CCC2. The maximum Gasteiger partial charge on any atom is 0.235 e. The molecule has 1 aromatic carbocycles. The van der Waals surface area contributed by atoms with E-state index >= 15 is 0 Å². The van der Waals surface area contributed by atoms with Crippen LogP contribution in [0.3, 0.4) is 0 Å². The number of rotatable bonds is 4. The fourth-order valence-electron chi connectivity index (χ4n) is 2.50. The minimum Gasteiger partial charge on any atom is -0.506 e. The zero-order valence-electron chi connectivity index (χ0n) is 11.1. The first kappa shape index (κ1) is 15.1. The molecule has 1 aliphatic carbocycles. The molecule has 0 unspecified atom stereocenters. The number of halogens is 1. The predicted molar refractivity (Wildman–Crippen MR) is 75.8 cm³/mol. The maximum atomic E-state index is 11.7. The van der Waals surface area contributed by atoms with Crippen molar-refractivity contribution in [1.82, 2.24) is 5.32 Å². The van der Waals surface area contributed by atoms with Gasteiger partial charge in [0.05, 0.1) is 0 Å². The zero-order chi connectivity index (χ0) is 14.9. The smallest absolute Gasteiger partial charge is 0.235 e. The van der Waals surface area contributed by atoms with Gasteiger partial charge in [-0.1, -0.05) is 0 Å². The Morgan fingerprint density at radius 2 is 2.15 bits per heavy atom. The Bertz CT molecular complexity index is 655. The maximum absolute atomic E-state index is 11.7. The summed E-state index contributed by atoms with van der Waals surface area (Å²) in [6.45, 7) is 0.0864. The monoisotopic (exact) mass is 317 g/mol. The summed E-state index contributed by atoms with van der Waals surface area (Å²) in [6, 6.07) is 1.54. The Morgan fingerprint density at radius 1 is 1.45 bits per heavy atom. The molecule has 20 heavy (non-hydrogen) atoms. The second-order valence-electron chi connectivity index (χ2n) is 4.88. The number of hydrogen-bond acceptors (Lipinski definition) is 4. The van der Waals surface area contributed by atoms with Gasteiger partial charge >= 0.3 is 0 Å². The van der Waals surface area contributed by atoms with Crippen LogP contribution < -0.4 is 5.32 Å². The van der Waals surface area contributed by atoms with E-state index in [1.807, 2.05) is 0 Å². The molecular formula is C13H16ClNO4S. The summed E-state index contributed by atoms with van der Waals surface area (Å²) in [7, 11) is -3.51. The van der Waals surface area contributed by atoms with Crippen molar-refractivity contribution in [3.05, 3.63) is 22.8 Å². The molecule has 1 aliphatic rings. The van der Waals surface area contributed by atoms with Crippen molar-refractivity contribution >= 4 is 27.3 Å². The fraction of sp³-hybridized carbons (Fsp3) is 0.462. The molecule has 0 fully saturated rings. The van der Waals surface area contributed by atoms with Gasteiger partial charge in [-0.25, -0.2) is 8.42 Å². The highest BCUT2D eigenvalue weighted by Crippen LogP contribution is 2.36. The number of carbonyl (C=O) groups is 1. The standard InChI is InChI=1S/C13H16ClNO4S/c1-20(18,19)11-5-8-3-2-4-9(8)10(13(11)17)7-15-12(16)6-14/h5,17H,2-4,6-7H2,1H3,(H,15,16). The Morgan fingerprint density at radius 3 is 2.75 bits per heavy atom. The summed E-state index contributed by atoms with van der Waals surface area (Å²) >= 11 is 5.41. The number of nitrogens with one attached hydrogen (secondary N) is 1. The van der Waals surface area contributed by atoms with E-state index in [2.05, 4.69) is 5.32 Å². The van der Waals surface area contributed by atoms with Gasteiger partial charge < -0.3 is 10.4 Å². The van der Waals surface area contributed by atoms with Crippen molar-refractivity contribution in [2.45, 2.75) is 30.7 Å². The number of phenols is 1. The van der Waals surface area contributed by atoms with E-state index in [1.54, 1.807) is 6.07 Å². The molecule has 0 atom stereocenters. The van der Waals surface area contributed by atoms with E-state index in [4.69, 9.17) is 11.6 Å². The van der Waals surface area contributed by atoms with Crippen LogP contribution in [0.5, 0.6) is 5.75 Å². The minimum absolute atomic E-state index is 0.0757. The quantitative estimate of drug-likeness (QED) is 0.816. The Hall–Kier alpha value is -1.27. The minimum atomic E-state index is -3.51. The first-order valence-corrected chi connectivity index (χ1v) is 8.66. The van der Waals surface area contributed by atoms with Gasteiger partial charge in [0.2, 0.25) is 5.91 Å². The van der Waals surface area contributed by atoms with Crippen molar-refractivity contribution in [2.24, 2.45) is 0 Å². The van der Waals surface area contributed by atoms with Crippen LogP contribution in [0.2, 0.25) is 0 Å². The van der Waals surface area contributed by atoms with Crippen LogP contribution in [0.15, 0.2) is 11.0 Å². The molecular weight excluding hydrogens is 302 g/mol. The molecule has 0 aromatic heterocycles. The summed E-state index contributed by atoms with van der Waals surface area (Å²) in [5.41, 5.74) is 2.35. The Balaban J connectivity index is 2.49. The number of benzene rings is 1. The first-order chi connectivity index (χ1) is 9.34. The highest BCUT2D eigenvalue weighted by Gasteiger charge is 2.25. The molecule has 0 radical (unpaired) electrons. The molecule has 2 N–H and O–H groups in total. The van der Waals surface area contributed by atoms with Crippen molar-refractivity contribution in [3.63, 3.8) is 0 Å². The van der Waals surface area contributed by atoms with Gasteiger partial charge in [-0.05, 0) is 36.5 Å². The summed E-state index contributed by atoms with van der Waals surface area (Å²) in [5.74, 6) is -0.792. The van der Waals surface area contributed by atoms with Gasteiger partial charge in [-0.2, -0.15) is 0 Å². The number of hydrogen-bond donors (Lipinski definition) is 2. The molecule has 0 saturated heterocycles. The van der Waals surface area contributed by atoms with Gasteiger partial charge in [-0.15, -0.1) is 11.6 Å². The molecule has 0 saturated carbocycles. The molecule has 2 rings (SSSR count). The fourth-order valence-corrected chi connectivity index (χ4v) is 3.42. The van der Waals surface area contributed by atoms with E-state index in [9.17, 15) is 18.3 Å². The number of aromatic hydroxyl groups is 1. The predicted octanol–water partition coefficient (Wildman–Crippen LogP) is 1.14. The normalized spacial score (nSPS) is 14.1. The second kappa shape index (κ2) is 5.61. The van der Waals surface area contributed by atoms with Gasteiger partial charge in [0.15, 0.2) is 9.84 Å². The summed E-state index contributed by atoms with van der Waals surface area (Å²) in [6.07, 6.45) is 3.54. The van der Waals surface area contributed by atoms with E-state index in [-0.39, 0.29) is 29.0 Å². The lowest BCUT2D eigenvalue weighted by atomic mass is 10.0. The topological polar surface area (TPSA) is 83.5 Å². The third kappa shape index (κ3) is 2.91. The number of alkyl halides is 1. The third-order valence-electron chi connectivity index (χ3n) is 3.43. The lowest BCUT2D eigenvalue weighted by Gasteiger charge is -2.15. The van der Waals surface area contributed by atoms with E-state index in [0.29, 0.717) is 5.56 Å². The van der Waals surface area contributed by atoms with Crippen LogP contribution >= 0.6 is 11.6 Å². The van der Waals surface area contributed by atoms with Gasteiger partial charge in [-0.3, -0.25) is 4.79 Å². The van der Waals surface area contributed by atoms with Crippen LogP contribution in [0, 0.1) is 0 Å².